The zero-order valence-corrected chi connectivity index (χ0v) is 10.7. The first-order valence-corrected chi connectivity index (χ1v) is 6.00. The Hall–Kier alpha value is -2.00. The predicted octanol–water partition coefficient (Wildman–Crippen LogP) is 3.13. The molecule has 0 heterocycles. The van der Waals surface area contributed by atoms with Crippen LogP contribution in [-0.4, -0.2) is 5.11 Å². The lowest BCUT2D eigenvalue weighted by atomic mass is 10.1. The summed E-state index contributed by atoms with van der Waals surface area (Å²) in [5.41, 5.74) is 10.3. The Morgan fingerprint density at radius 2 is 1.61 bits per heavy atom. The van der Waals surface area contributed by atoms with Gasteiger partial charge in [0.25, 0.3) is 0 Å². The van der Waals surface area contributed by atoms with Gasteiger partial charge < -0.3 is 10.5 Å². The second-order valence-corrected chi connectivity index (χ2v) is 4.42. The molecule has 3 heteroatoms. The van der Waals surface area contributed by atoms with E-state index >= 15 is 0 Å². The van der Waals surface area contributed by atoms with Gasteiger partial charge in [-0.2, -0.15) is 0 Å². The molecule has 3 N–H and O–H groups in total. The van der Waals surface area contributed by atoms with Crippen LogP contribution in [0.15, 0.2) is 42.5 Å². The third-order valence-corrected chi connectivity index (χ3v) is 2.85. The second-order valence-electron chi connectivity index (χ2n) is 4.42. The van der Waals surface area contributed by atoms with Gasteiger partial charge in [0.05, 0.1) is 0 Å². The minimum absolute atomic E-state index is 0.384. The van der Waals surface area contributed by atoms with Crippen molar-refractivity contribution in [2.24, 2.45) is 0 Å². The maximum atomic E-state index is 9.70. The molecule has 0 amide bonds. The number of phenols is 1. The normalized spacial score (nSPS) is 10.3. The van der Waals surface area contributed by atoms with Crippen molar-refractivity contribution < 1.29 is 5.11 Å². The minimum Gasteiger partial charge on any atom is -0.507 e. The molecule has 2 aromatic carbocycles. The third kappa shape index (κ3) is 3.02. The fourth-order valence-electron chi connectivity index (χ4n) is 1.92. The van der Waals surface area contributed by atoms with Crippen molar-refractivity contribution in [1.82, 2.24) is 5.43 Å². The number of anilines is 1. The Morgan fingerprint density at radius 1 is 1.00 bits per heavy atom. The Kier molecular flexibility index (Phi) is 3.85. The van der Waals surface area contributed by atoms with Gasteiger partial charge in [-0.3, -0.25) is 0 Å². The Labute approximate surface area is 107 Å². The first-order valence-electron chi connectivity index (χ1n) is 6.00. The molecule has 94 valence electrons. The number of hydrogen-bond donors (Lipinski definition) is 3. The molecule has 0 bridgehead atoms. The highest BCUT2D eigenvalue weighted by Crippen LogP contribution is 2.22. The molecule has 0 aliphatic carbocycles. The molecule has 18 heavy (non-hydrogen) atoms. The number of rotatable bonds is 4. The van der Waals surface area contributed by atoms with Crippen molar-refractivity contribution in [3.8, 4) is 5.75 Å². The van der Waals surface area contributed by atoms with Crippen LogP contribution in [0.3, 0.4) is 0 Å². The standard InChI is InChI=1S/C15H18N2O/c1-11-8-13(9-12(2)15(11)18)10-16-17-14-6-4-3-5-7-14/h3-9,16-18H,10H2,1-2H3. The average molecular weight is 242 g/mol. The van der Waals surface area contributed by atoms with Gasteiger partial charge in [0, 0.05) is 12.2 Å². The molecule has 0 aliphatic rings. The number of phenolic OH excluding ortho intramolecular Hbond substituents is 1. The van der Waals surface area contributed by atoms with E-state index in [9.17, 15) is 5.11 Å². The van der Waals surface area contributed by atoms with Gasteiger partial charge in [-0.1, -0.05) is 30.3 Å². The molecule has 0 unspecified atom stereocenters. The molecule has 3 nitrogen and oxygen atoms in total. The zero-order chi connectivity index (χ0) is 13.0. The Bertz CT molecular complexity index is 500. The van der Waals surface area contributed by atoms with Crippen molar-refractivity contribution >= 4 is 5.69 Å². The highest BCUT2D eigenvalue weighted by atomic mass is 16.3. The molecule has 2 aromatic rings. The fourth-order valence-corrected chi connectivity index (χ4v) is 1.92. The molecular formula is C15H18N2O. The molecule has 0 saturated heterocycles. The van der Waals surface area contributed by atoms with E-state index in [1.807, 2.05) is 56.3 Å². The summed E-state index contributed by atoms with van der Waals surface area (Å²) in [6.45, 7) is 4.53. The summed E-state index contributed by atoms with van der Waals surface area (Å²) < 4.78 is 0. The van der Waals surface area contributed by atoms with Gasteiger partial charge in [0.15, 0.2) is 0 Å². The summed E-state index contributed by atoms with van der Waals surface area (Å²) in [5, 5.41) is 9.70. The van der Waals surface area contributed by atoms with Gasteiger partial charge in [0.2, 0.25) is 0 Å². The van der Waals surface area contributed by atoms with Crippen LogP contribution in [0.2, 0.25) is 0 Å². The number of hydrazine groups is 1. The van der Waals surface area contributed by atoms with Crippen molar-refractivity contribution in [3.63, 3.8) is 0 Å². The summed E-state index contributed by atoms with van der Waals surface area (Å²) >= 11 is 0. The molecule has 0 atom stereocenters. The molecule has 0 saturated carbocycles. The van der Waals surface area contributed by atoms with Gasteiger partial charge in [-0.15, -0.1) is 0 Å². The van der Waals surface area contributed by atoms with E-state index in [2.05, 4.69) is 10.9 Å². The van der Waals surface area contributed by atoms with Crippen molar-refractivity contribution in [1.29, 1.82) is 0 Å². The fraction of sp³-hybridized carbons (Fsp3) is 0.200. The van der Waals surface area contributed by atoms with Crippen LogP contribution >= 0.6 is 0 Å². The van der Waals surface area contributed by atoms with Gasteiger partial charge in [-0.25, -0.2) is 5.43 Å². The lowest BCUT2D eigenvalue weighted by Gasteiger charge is -2.11. The van der Waals surface area contributed by atoms with E-state index in [0.717, 1.165) is 22.4 Å². The molecule has 0 radical (unpaired) electrons. The van der Waals surface area contributed by atoms with Crippen LogP contribution < -0.4 is 10.9 Å². The number of nitrogens with one attached hydrogen (secondary N) is 2. The van der Waals surface area contributed by atoms with Crippen LogP contribution in [0, 0.1) is 13.8 Å². The smallest absolute Gasteiger partial charge is 0.121 e. The van der Waals surface area contributed by atoms with E-state index in [-0.39, 0.29) is 0 Å². The highest BCUT2D eigenvalue weighted by Gasteiger charge is 2.02. The number of para-hydroxylation sites is 1. The summed E-state index contributed by atoms with van der Waals surface area (Å²) in [7, 11) is 0. The molecule has 0 aromatic heterocycles. The molecule has 0 spiro atoms. The third-order valence-electron chi connectivity index (χ3n) is 2.85. The van der Waals surface area contributed by atoms with Crippen molar-refractivity contribution in [3.05, 3.63) is 59.2 Å². The van der Waals surface area contributed by atoms with E-state index in [4.69, 9.17) is 0 Å². The first kappa shape index (κ1) is 12.5. The maximum absolute atomic E-state index is 9.70. The number of benzene rings is 2. The van der Waals surface area contributed by atoms with Gasteiger partial charge in [0.1, 0.15) is 5.75 Å². The lowest BCUT2D eigenvalue weighted by molar-refractivity contribution is 0.466. The van der Waals surface area contributed by atoms with Crippen LogP contribution in [0.1, 0.15) is 16.7 Å². The summed E-state index contributed by atoms with van der Waals surface area (Å²) in [6, 6.07) is 13.9. The summed E-state index contributed by atoms with van der Waals surface area (Å²) in [6.07, 6.45) is 0. The molecule has 0 aliphatic heterocycles. The lowest BCUT2D eigenvalue weighted by Crippen LogP contribution is -2.20. The Balaban J connectivity index is 1.95. The molecule has 0 fully saturated rings. The van der Waals surface area contributed by atoms with E-state index in [1.54, 1.807) is 0 Å². The molecule has 2 rings (SSSR count). The largest absolute Gasteiger partial charge is 0.507 e. The maximum Gasteiger partial charge on any atom is 0.121 e. The van der Waals surface area contributed by atoms with Crippen LogP contribution in [0.25, 0.3) is 0 Å². The minimum atomic E-state index is 0.384. The summed E-state index contributed by atoms with van der Waals surface area (Å²) in [4.78, 5) is 0. The second kappa shape index (κ2) is 5.56. The van der Waals surface area contributed by atoms with Gasteiger partial charge in [-0.05, 0) is 42.7 Å². The molecular weight excluding hydrogens is 224 g/mol. The quantitative estimate of drug-likeness (QED) is 0.722. The SMILES string of the molecule is Cc1cc(CNNc2ccccc2)cc(C)c1O. The van der Waals surface area contributed by atoms with E-state index in [0.29, 0.717) is 12.3 Å². The average Bonchev–Trinajstić information content (AvgIpc) is 2.37. The topological polar surface area (TPSA) is 44.3 Å². The zero-order valence-electron chi connectivity index (χ0n) is 10.7. The monoisotopic (exact) mass is 242 g/mol. The number of aryl methyl sites for hydroxylation is 2. The Morgan fingerprint density at radius 3 is 2.22 bits per heavy atom. The van der Waals surface area contributed by atoms with Gasteiger partial charge >= 0.3 is 0 Å². The predicted molar refractivity (Wildman–Crippen MR) is 74.5 cm³/mol. The first-order chi connectivity index (χ1) is 8.66. The van der Waals surface area contributed by atoms with Crippen molar-refractivity contribution in [2.75, 3.05) is 5.43 Å². The number of hydrogen-bond acceptors (Lipinski definition) is 3. The van der Waals surface area contributed by atoms with Crippen LogP contribution in [-0.2, 0) is 6.54 Å². The van der Waals surface area contributed by atoms with Crippen molar-refractivity contribution in [2.45, 2.75) is 20.4 Å². The van der Waals surface area contributed by atoms with E-state index < -0.39 is 0 Å². The van der Waals surface area contributed by atoms with Crippen LogP contribution in [0.5, 0.6) is 5.75 Å². The summed E-state index contributed by atoms with van der Waals surface area (Å²) in [5.74, 6) is 0.384. The van der Waals surface area contributed by atoms with E-state index in [1.165, 1.54) is 0 Å². The number of aromatic hydroxyl groups is 1. The highest BCUT2D eigenvalue weighted by molar-refractivity contribution is 5.43. The van der Waals surface area contributed by atoms with Crippen LogP contribution in [0.4, 0.5) is 5.69 Å².